The smallest absolute Gasteiger partial charge is 0.0628 e. The van der Waals surface area contributed by atoms with Crippen molar-refractivity contribution in [2.75, 3.05) is 47.0 Å². The highest BCUT2D eigenvalue weighted by atomic mass is 16.5. The van der Waals surface area contributed by atoms with E-state index in [-0.39, 0.29) is 12.1 Å². The van der Waals surface area contributed by atoms with E-state index in [1.54, 1.807) is 7.11 Å². The Morgan fingerprint density at radius 1 is 1.50 bits per heavy atom. The molecule has 0 aromatic carbocycles. The number of ether oxygens (including phenoxy) is 1. The molecule has 1 fully saturated rings. The fraction of sp³-hybridized carbons (Fsp3) is 1.00. The van der Waals surface area contributed by atoms with Crippen molar-refractivity contribution >= 4 is 0 Å². The first-order valence-electron chi connectivity index (χ1n) is 6.23. The topological polar surface area (TPSA) is 44.7 Å². The second-order valence-electron chi connectivity index (χ2n) is 4.70. The van der Waals surface area contributed by atoms with Gasteiger partial charge in [0.1, 0.15) is 0 Å². The predicted molar refractivity (Wildman–Crippen MR) is 65.6 cm³/mol. The van der Waals surface area contributed by atoms with E-state index in [9.17, 15) is 5.11 Å². The Morgan fingerprint density at radius 2 is 2.19 bits per heavy atom. The Morgan fingerprint density at radius 3 is 2.56 bits per heavy atom. The highest BCUT2D eigenvalue weighted by molar-refractivity contribution is 5.02. The third-order valence-corrected chi connectivity index (χ3v) is 3.70. The lowest BCUT2D eigenvalue weighted by molar-refractivity contribution is 0.0812. The maximum absolute atomic E-state index is 9.64. The van der Waals surface area contributed by atoms with E-state index in [0.29, 0.717) is 5.92 Å². The fourth-order valence-corrected chi connectivity index (χ4v) is 2.27. The van der Waals surface area contributed by atoms with Gasteiger partial charge in [-0.05, 0) is 32.4 Å². The third-order valence-electron chi connectivity index (χ3n) is 3.70. The fourth-order valence-electron chi connectivity index (χ4n) is 2.27. The number of aliphatic hydroxyl groups is 1. The van der Waals surface area contributed by atoms with Crippen molar-refractivity contribution < 1.29 is 9.84 Å². The van der Waals surface area contributed by atoms with Crippen molar-refractivity contribution in [3.63, 3.8) is 0 Å². The van der Waals surface area contributed by atoms with Gasteiger partial charge in [-0.1, -0.05) is 6.92 Å². The highest BCUT2D eigenvalue weighted by Gasteiger charge is 2.44. The van der Waals surface area contributed by atoms with Gasteiger partial charge < -0.3 is 15.2 Å². The minimum Gasteiger partial charge on any atom is -0.394 e. The molecule has 0 aromatic rings. The Kier molecular flexibility index (Phi) is 5.69. The molecule has 0 heterocycles. The standard InChI is InChI=1S/C12H26N2O2/c1-4-14(7-8-16-3)9-12(10-15,13-2)11-5-6-11/h11,13,15H,4-10H2,1-3H3. The van der Waals surface area contributed by atoms with Gasteiger partial charge in [-0.25, -0.2) is 0 Å². The largest absolute Gasteiger partial charge is 0.394 e. The number of nitrogens with zero attached hydrogens (tertiary/aromatic N) is 1. The lowest BCUT2D eigenvalue weighted by Crippen LogP contribution is -2.57. The zero-order chi connectivity index (χ0) is 12.0. The van der Waals surface area contributed by atoms with E-state index in [2.05, 4.69) is 17.1 Å². The molecule has 1 unspecified atom stereocenters. The SMILES string of the molecule is CCN(CCOC)CC(CO)(NC)C1CC1. The Labute approximate surface area is 99.0 Å². The average Bonchev–Trinajstić information content (AvgIpc) is 3.15. The first-order chi connectivity index (χ1) is 7.72. The quantitative estimate of drug-likeness (QED) is 0.598. The minimum atomic E-state index is -0.107. The number of aliphatic hydroxyl groups excluding tert-OH is 1. The summed E-state index contributed by atoms with van der Waals surface area (Å²) in [5.74, 6) is 0.638. The van der Waals surface area contributed by atoms with Crippen LogP contribution in [0.3, 0.4) is 0 Å². The summed E-state index contributed by atoms with van der Waals surface area (Å²) in [6.07, 6.45) is 2.48. The van der Waals surface area contributed by atoms with Crippen molar-refractivity contribution in [2.45, 2.75) is 25.3 Å². The van der Waals surface area contributed by atoms with Crippen LogP contribution >= 0.6 is 0 Å². The van der Waals surface area contributed by atoms with Crippen molar-refractivity contribution in [3.05, 3.63) is 0 Å². The average molecular weight is 230 g/mol. The molecule has 1 saturated carbocycles. The number of rotatable bonds is 9. The molecule has 1 atom stereocenters. The van der Waals surface area contributed by atoms with Crippen LogP contribution in [0.5, 0.6) is 0 Å². The van der Waals surface area contributed by atoms with Crippen LogP contribution in [0.1, 0.15) is 19.8 Å². The van der Waals surface area contributed by atoms with Crippen LogP contribution in [0.2, 0.25) is 0 Å². The van der Waals surface area contributed by atoms with Gasteiger partial charge in [-0.15, -0.1) is 0 Å². The second-order valence-corrected chi connectivity index (χ2v) is 4.70. The molecule has 0 radical (unpaired) electrons. The van der Waals surface area contributed by atoms with Crippen molar-refractivity contribution in [1.82, 2.24) is 10.2 Å². The molecule has 0 aromatic heterocycles. The molecule has 0 bridgehead atoms. The minimum absolute atomic E-state index is 0.107. The molecule has 0 aliphatic heterocycles. The summed E-state index contributed by atoms with van der Waals surface area (Å²) in [6.45, 7) is 5.97. The van der Waals surface area contributed by atoms with E-state index < -0.39 is 0 Å². The monoisotopic (exact) mass is 230 g/mol. The van der Waals surface area contributed by atoms with E-state index in [1.807, 2.05) is 7.05 Å². The zero-order valence-corrected chi connectivity index (χ0v) is 10.8. The van der Waals surface area contributed by atoms with Crippen LogP contribution in [0, 0.1) is 5.92 Å². The molecule has 16 heavy (non-hydrogen) atoms. The van der Waals surface area contributed by atoms with Crippen LogP contribution in [0.4, 0.5) is 0 Å². The molecule has 1 aliphatic carbocycles. The molecule has 4 heteroatoms. The summed E-state index contributed by atoms with van der Waals surface area (Å²) in [4.78, 5) is 2.34. The van der Waals surface area contributed by atoms with Crippen molar-refractivity contribution in [3.8, 4) is 0 Å². The molecular weight excluding hydrogens is 204 g/mol. The van der Waals surface area contributed by atoms with E-state index >= 15 is 0 Å². The molecule has 0 saturated heterocycles. The maximum atomic E-state index is 9.64. The number of likely N-dealkylation sites (N-methyl/N-ethyl adjacent to an activating group) is 2. The number of hydrogen-bond acceptors (Lipinski definition) is 4. The van der Waals surface area contributed by atoms with Gasteiger partial charge in [0.25, 0.3) is 0 Å². The van der Waals surface area contributed by atoms with Crippen LogP contribution in [-0.4, -0.2) is 62.6 Å². The van der Waals surface area contributed by atoms with Crippen molar-refractivity contribution in [2.24, 2.45) is 5.92 Å². The van der Waals surface area contributed by atoms with Gasteiger partial charge in [0.05, 0.1) is 18.8 Å². The lowest BCUT2D eigenvalue weighted by atomic mass is 9.93. The highest BCUT2D eigenvalue weighted by Crippen LogP contribution is 2.39. The van der Waals surface area contributed by atoms with Gasteiger partial charge in [0.15, 0.2) is 0 Å². The van der Waals surface area contributed by atoms with Crippen molar-refractivity contribution in [1.29, 1.82) is 0 Å². The van der Waals surface area contributed by atoms with Crippen LogP contribution in [-0.2, 0) is 4.74 Å². The van der Waals surface area contributed by atoms with Crippen LogP contribution in [0.15, 0.2) is 0 Å². The molecular formula is C12H26N2O2. The van der Waals surface area contributed by atoms with E-state index in [1.165, 1.54) is 12.8 Å². The Bertz CT molecular complexity index is 191. The molecule has 4 nitrogen and oxygen atoms in total. The summed E-state index contributed by atoms with van der Waals surface area (Å²) in [5.41, 5.74) is -0.107. The predicted octanol–water partition coefficient (Wildman–Crippen LogP) is 0.315. The first kappa shape index (κ1) is 13.9. The summed E-state index contributed by atoms with van der Waals surface area (Å²) in [5, 5.41) is 13.0. The molecule has 0 amide bonds. The van der Waals surface area contributed by atoms with Crippen LogP contribution < -0.4 is 5.32 Å². The molecule has 0 spiro atoms. The van der Waals surface area contributed by atoms with Gasteiger partial charge in [0, 0.05) is 20.2 Å². The third kappa shape index (κ3) is 3.42. The van der Waals surface area contributed by atoms with Gasteiger partial charge in [-0.3, -0.25) is 4.90 Å². The normalized spacial score (nSPS) is 20.1. The number of methoxy groups -OCH3 is 1. The summed E-state index contributed by atoms with van der Waals surface area (Å²) < 4.78 is 5.11. The molecule has 1 aliphatic rings. The van der Waals surface area contributed by atoms with Gasteiger partial charge in [-0.2, -0.15) is 0 Å². The summed E-state index contributed by atoms with van der Waals surface area (Å²) in [7, 11) is 3.69. The molecule has 96 valence electrons. The van der Waals surface area contributed by atoms with Gasteiger partial charge >= 0.3 is 0 Å². The van der Waals surface area contributed by atoms with E-state index in [0.717, 1.165) is 26.2 Å². The van der Waals surface area contributed by atoms with Gasteiger partial charge in [0.2, 0.25) is 0 Å². The Hall–Kier alpha value is -0.160. The number of hydrogen-bond donors (Lipinski definition) is 2. The molecule has 2 N–H and O–H groups in total. The number of nitrogens with one attached hydrogen (secondary N) is 1. The first-order valence-corrected chi connectivity index (χ1v) is 6.23. The van der Waals surface area contributed by atoms with Crippen LogP contribution in [0.25, 0.3) is 0 Å². The maximum Gasteiger partial charge on any atom is 0.0628 e. The Balaban J connectivity index is 2.50. The summed E-state index contributed by atoms with van der Waals surface area (Å²) in [6, 6.07) is 0. The lowest BCUT2D eigenvalue weighted by Gasteiger charge is -2.37. The molecule has 1 rings (SSSR count). The zero-order valence-electron chi connectivity index (χ0n) is 10.8. The second kappa shape index (κ2) is 6.55. The van der Waals surface area contributed by atoms with E-state index in [4.69, 9.17) is 4.74 Å². The summed E-state index contributed by atoms with van der Waals surface area (Å²) >= 11 is 0.